The number of carboxylic acid groups (broad SMARTS) is 1. The molecule has 1 amide bonds. The van der Waals surface area contributed by atoms with E-state index in [0.29, 0.717) is 12.0 Å². The normalized spacial score (nSPS) is 11.1. The third-order valence-electron chi connectivity index (χ3n) is 3.76. The highest BCUT2D eigenvalue weighted by Crippen LogP contribution is 2.15. The molecule has 7 nitrogen and oxygen atoms in total. The van der Waals surface area contributed by atoms with Crippen LogP contribution < -0.4 is 4.72 Å². The molecule has 8 heteroatoms. The molecule has 0 atom stereocenters. The summed E-state index contributed by atoms with van der Waals surface area (Å²) >= 11 is 0. The number of benzene rings is 1. The summed E-state index contributed by atoms with van der Waals surface area (Å²) < 4.78 is 26.5. The van der Waals surface area contributed by atoms with Crippen molar-refractivity contribution in [2.75, 3.05) is 0 Å². The molecule has 2 N–H and O–H groups in total. The Hall–Kier alpha value is -2.74. The summed E-state index contributed by atoms with van der Waals surface area (Å²) in [5.74, 6) is -2.03. The highest BCUT2D eigenvalue weighted by atomic mass is 32.2. The number of aromatic carboxylic acids is 1. The Morgan fingerprint density at radius 3 is 2.46 bits per heavy atom. The monoisotopic (exact) mass is 376 g/mol. The molecular weight excluding hydrogens is 356 g/mol. The highest BCUT2D eigenvalue weighted by Gasteiger charge is 2.20. The van der Waals surface area contributed by atoms with Crippen molar-refractivity contribution in [2.45, 2.75) is 37.5 Å². The molecule has 0 unspecified atom stereocenters. The van der Waals surface area contributed by atoms with Crippen LogP contribution >= 0.6 is 0 Å². The Labute approximate surface area is 152 Å². The summed E-state index contributed by atoms with van der Waals surface area (Å²) in [6, 6.07) is 8.90. The second kappa shape index (κ2) is 8.57. The van der Waals surface area contributed by atoms with Crippen LogP contribution in [-0.2, 0) is 16.4 Å². The largest absolute Gasteiger partial charge is 0.477 e. The highest BCUT2D eigenvalue weighted by molar-refractivity contribution is 7.90. The number of rotatable bonds is 8. The van der Waals surface area contributed by atoms with E-state index in [0.717, 1.165) is 25.5 Å². The van der Waals surface area contributed by atoms with E-state index >= 15 is 0 Å². The number of unbranched alkanes of at least 4 members (excludes halogenated alkanes) is 2. The van der Waals surface area contributed by atoms with Gasteiger partial charge in [0.25, 0.3) is 15.9 Å². The van der Waals surface area contributed by atoms with Gasteiger partial charge in [0.1, 0.15) is 0 Å². The first-order valence-corrected chi connectivity index (χ1v) is 9.68. The minimum atomic E-state index is -4.01. The zero-order valence-corrected chi connectivity index (χ0v) is 15.1. The van der Waals surface area contributed by atoms with Gasteiger partial charge in [-0.25, -0.2) is 22.9 Å². The lowest BCUT2D eigenvalue weighted by molar-refractivity contribution is 0.0688. The van der Waals surface area contributed by atoms with E-state index in [4.69, 9.17) is 0 Å². The number of amides is 1. The summed E-state index contributed by atoms with van der Waals surface area (Å²) in [5, 5.41) is 9.23. The van der Waals surface area contributed by atoms with E-state index in [1.54, 1.807) is 18.2 Å². The Morgan fingerprint density at radius 2 is 1.85 bits per heavy atom. The molecule has 0 saturated heterocycles. The van der Waals surface area contributed by atoms with Crippen molar-refractivity contribution in [3.8, 4) is 0 Å². The predicted octanol–water partition coefficient (Wildman–Crippen LogP) is 2.63. The van der Waals surface area contributed by atoms with Gasteiger partial charge in [0, 0.05) is 6.20 Å². The van der Waals surface area contributed by atoms with E-state index in [-0.39, 0.29) is 16.2 Å². The van der Waals surface area contributed by atoms with Crippen molar-refractivity contribution in [3.63, 3.8) is 0 Å². The van der Waals surface area contributed by atoms with Gasteiger partial charge in [-0.3, -0.25) is 4.79 Å². The number of pyridine rings is 1. The Bertz CT molecular complexity index is 895. The first-order chi connectivity index (χ1) is 12.3. The minimum absolute atomic E-state index is 0.000930. The SMILES string of the molecule is CCCCCc1cc(C(=O)NS(=O)(=O)c2ccccc2)cnc1C(=O)O. The molecule has 0 aliphatic carbocycles. The summed E-state index contributed by atoms with van der Waals surface area (Å²) in [4.78, 5) is 27.4. The summed E-state index contributed by atoms with van der Waals surface area (Å²) in [6.45, 7) is 2.02. The van der Waals surface area contributed by atoms with Gasteiger partial charge in [-0.2, -0.15) is 0 Å². The number of nitrogens with zero attached hydrogens (tertiary/aromatic N) is 1. The number of carboxylic acids is 1. The Morgan fingerprint density at radius 1 is 1.15 bits per heavy atom. The lowest BCUT2D eigenvalue weighted by Crippen LogP contribution is -2.31. The fourth-order valence-electron chi connectivity index (χ4n) is 2.42. The van der Waals surface area contributed by atoms with Gasteiger partial charge in [0.2, 0.25) is 0 Å². The maximum absolute atomic E-state index is 12.3. The molecule has 0 aliphatic heterocycles. The van der Waals surface area contributed by atoms with Gasteiger partial charge in [0.15, 0.2) is 5.69 Å². The van der Waals surface area contributed by atoms with E-state index in [2.05, 4.69) is 4.98 Å². The molecule has 0 fully saturated rings. The quantitative estimate of drug-likeness (QED) is 0.685. The van der Waals surface area contributed by atoms with Crippen molar-refractivity contribution in [3.05, 3.63) is 59.4 Å². The number of hydrogen-bond acceptors (Lipinski definition) is 5. The summed E-state index contributed by atoms with van der Waals surface area (Å²) in [6.07, 6.45) is 4.16. The number of aryl methyl sites for hydroxylation is 1. The van der Waals surface area contributed by atoms with E-state index in [1.165, 1.54) is 18.2 Å². The van der Waals surface area contributed by atoms with Crippen LogP contribution in [0, 0.1) is 0 Å². The zero-order chi connectivity index (χ0) is 19.2. The van der Waals surface area contributed by atoms with Gasteiger partial charge in [-0.15, -0.1) is 0 Å². The number of carbonyl (C=O) groups excluding carboxylic acids is 1. The summed E-state index contributed by atoms with van der Waals surface area (Å²) in [5.41, 5.74) is 0.292. The molecule has 0 spiro atoms. The molecule has 1 heterocycles. The maximum Gasteiger partial charge on any atom is 0.354 e. The van der Waals surface area contributed by atoms with Gasteiger partial charge < -0.3 is 5.11 Å². The zero-order valence-electron chi connectivity index (χ0n) is 14.3. The van der Waals surface area contributed by atoms with Gasteiger partial charge >= 0.3 is 5.97 Å². The number of carbonyl (C=O) groups is 2. The van der Waals surface area contributed by atoms with Gasteiger partial charge in [-0.05, 0) is 36.6 Å². The molecule has 0 bridgehead atoms. The predicted molar refractivity (Wildman–Crippen MR) is 95.5 cm³/mol. The van der Waals surface area contributed by atoms with Crippen molar-refractivity contribution >= 4 is 21.9 Å². The Kier molecular flexibility index (Phi) is 6.46. The molecule has 2 rings (SSSR count). The molecule has 138 valence electrons. The topological polar surface area (TPSA) is 113 Å². The fourth-order valence-corrected chi connectivity index (χ4v) is 3.42. The van der Waals surface area contributed by atoms with Crippen LogP contribution in [0.1, 0.15) is 52.6 Å². The lowest BCUT2D eigenvalue weighted by atomic mass is 10.0. The van der Waals surface area contributed by atoms with Crippen molar-refractivity contribution in [1.29, 1.82) is 0 Å². The van der Waals surface area contributed by atoms with Crippen molar-refractivity contribution in [2.24, 2.45) is 0 Å². The molecule has 26 heavy (non-hydrogen) atoms. The Balaban J connectivity index is 2.25. The molecule has 0 aliphatic rings. The van der Waals surface area contributed by atoms with Crippen LogP contribution in [0.5, 0.6) is 0 Å². The van der Waals surface area contributed by atoms with Crippen molar-refractivity contribution in [1.82, 2.24) is 9.71 Å². The van der Waals surface area contributed by atoms with Gasteiger partial charge in [-0.1, -0.05) is 38.0 Å². The number of hydrogen-bond donors (Lipinski definition) is 2. The first kappa shape index (κ1) is 19.6. The van der Waals surface area contributed by atoms with E-state index < -0.39 is 21.9 Å². The molecule has 0 saturated carbocycles. The van der Waals surface area contributed by atoms with Crippen LogP contribution in [0.4, 0.5) is 0 Å². The average molecular weight is 376 g/mol. The standard InChI is InChI=1S/C18H20N2O5S/c1-2-3-5-8-13-11-14(12-19-16(13)18(22)23)17(21)20-26(24,25)15-9-6-4-7-10-15/h4,6-7,9-12H,2-3,5,8H2,1H3,(H,20,21)(H,22,23). The van der Waals surface area contributed by atoms with Crippen LogP contribution in [0.15, 0.2) is 47.5 Å². The van der Waals surface area contributed by atoms with Crippen LogP contribution in [0.3, 0.4) is 0 Å². The fraction of sp³-hybridized carbons (Fsp3) is 0.278. The van der Waals surface area contributed by atoms with Crippen LogP contribution in [0.2, 0.25) is 0 Å². The first-order valence-electron chi connectivity index (χ1n) is 8.19. The maximum atomic E-state index is 12.3. The second-order valence-electron chi connectivity index (χ2n) is 5.74. The van der Waals surface area contributed by atoms with Crippen LogP contribution in [-0.4, -0.2) is 30.4 Å². The molecule has 1 aromatic carbocycles. The number of nitrogens with one attached hydrogen (secondary N) is 1. The number of aromatic nitrogens is 1. The second-order valence-corrected chi connectivity index (χ2v) is 7.42. The molecule has 0 radical (unpaired) electrons. The molecule has 2 aromatic rings. The van der Waals surface area contributed by atoms with E-state index in [9.17, 15) is 23.1 Å². The van der Waals surface area contributed by atoms with Crippen molar-refractivity contribution < 1.29 is 23.1 Å². The molecule has 1 aromatic heterocycles. The molecular formula is C18H20N2O5S. The third kappa shape index (κ3) is 4.89. The number of sulfonamides is 1. The summed E-state index contributed by atoms with van der Waals surface area (Å²) in [7, 11) is -4.01. The average Bonchev–Trinajstić information content (AvgIpc) is 2.62. The minimum Gasteiger partial charge on any atom is -0.477 e. The smallest absolute Gasteiger partial charge is 0.354 e. The van der Waals surface area contributed by atoms with Crippen LogP contribution in [0.25, 0.3) is 0 Å². The van der Waals surface area contributed by atoms with E-state index in [1.807, 2.05) is 11.6 Å². The van der Waals surface area contributed by atoms with Gasteiger partial charge in [0.05, 0.1) is 10.5 Å². The third-order valence-corrected chi connectivity index (χ3v) is 5.11. The lowest BCUT2D eigenvalue weighted by Gasteiger charge is -2.10.